The lowest BCUT2D eigenvalue weighted by molar-refractivity contribution is -0.193. The second kappa shape index (κ2) is 7.89. The standard InChI is InChI=1S/C23H33NO7/c1-21(2)22(3)9-10-23(21,20(27)31-14-22)19(26)24-13-15(18(25)28-4)5-6-16(24)7-8-17-29-11-12-30-17/h13,16-17H,5-12,14H2,1-4H3/t16-,22+,23+/m1/s1. The minimum absolute atomic E-state index is 0.152. The van der Waals surface area contributed by atoms with Crippen LogP contribution in [0, 0.1) is 16.2 Å². The molecule has 0 aromatic rings. The van der Waals surface area contributed by atoms with Crippen molar-refractivity contribution in [2.75, 3.05) is 26.9 Å². The lowest BCUT2D eigenvalue weighted by Gasteiger charge is -2.51. The van der Waals surface area contributed by atoms with Crippen molar-refractivity contribution in [2.24, 2.45) is 16.2 Å². The Bertz CT molecular complexity index is 800. The van der Waals surface area contributed by atoms with Crippen LogP contribution in [0.1, 0.15) is 59.3 Å². The molecule has 0 aromatic carbocycles. The van der Waals surface area contributed by atoms with Crippen LogP contribution in [0.5, 0.6) is 0 Å². The first-order valence-electron chi connectivity index (χ1n) is 11.2. The predicted molar refractivity (Wildman–Crippen MR) is 109 cm³/mol. The molecule has 3 fully saturated rings. The zero-order valence-electron chi connectivity index (χ0n) is 18.9. The lowest BCUT2D eigenvalue weighted by atomic mass is 9.57. The summed E-state index contributed by atoms with van der Waals surface area (Å²) >= 11 is 0. The topological polar surface area (TPSA) is 91.4 Å². The molecule has 3 heterocycles. The average molecular weight is 436 g/mol. The van der Waals surface area contributed by atoms with Gasteiger partial charge in [0.05, 0.1) is 32.5 Å². The molecule has 8 nitrogen and oxygen atoms in total. The van der Waals surface area contributed by atoms with Gasteiger partial charge in [0.1, 0.15) is 0 Å². The van der Waals surface area contributed by atoms with Gasteiger partial charge in [0.2, 0.25) is 5.91 Å². The van der Waals surface area contributed by atoms with Gasteiger partial charge >= 0.3 is 11.9 Å². The molecule has 0 aromatic heterocycles. The summed E-state index contributed by atoms with van der Waals surface area (Å²) in [6, 6.07) is -0.152. The van der Waals surface area contributed by atoms with Gasteiger partial charge in [0.15, 0.2) is 11.7 Å². The van der Waals surface area contributed by atoms with Gasteiger partial charge in [-0.2, -0.15) is 0 Å². The quantitative estimate of drug-likeness (QED) is 0.484. The van der Waals surface area contributed by atoms with Crippen LogP contribution in [-0.4, -0.2) is 62.0 Å². The van der Waals surface area contributed by atoms with Gasteiger partial charge in [-0.25, -0.2) is 4.79 Å². The van der Waals surface area contributed by atoms with Gasteiger partial charge in [0.25, 0.3) is 0 Å². The number of cyclic esters (lactones) is 1. The summed E-state index contributed by atoms with van der Waals surface area (Å²) in [4.78, 5) is 41.1. The number of hydrogen-bond acceptors (Lipinski definition) is 7. The van der Waals surface area contributed by atoms with E-state index in [0.29, 0.717) is 57.5 Å². The van der Waals surface area contributed by atoms with E-state index >= 15 is 0 Å². The number of nitrogens with zero attached hydrogens (tertiary/aromatic N) is 1. The van der Waals surface area contributed by atoms with Crippen molar-refractivity contribution in [1.82, 2.24) is 4.90 Å². The Morgan fingerprint density at radius 1 is 1.16 bits per heavy atom. The summed E-state index contributed by atoms with van der Waals surface area (Å²) in [5.41, 5.74) is -1.64. The van der Waals surface area contributed by atoms with E-state index in [1.54, 1.807) is 11.1 Å². The average Bonchev–Trinajstić information content (AvgIpc) is 3.31. The number of rotatable bonds is 5. The first-order valence-corrected chi connectivity index (χ1v) is 11.2. The summed E-state index contributed by atoms with van der Waals surface area (Å²) in [6.07, 6.45) is 4.96. The van der Waals surface area contributed by atoms with E-state index in [0.717, 1.165) is 6.42 Å². The number of amides is 1. The van der Waals surface area contributed by atoms with Crippen molar-refractivity contribution in [1.29, 1.82) is 0 Å². The molecule has 4 aliphatic rings. The molecular formula is C23H33NO7. The number of ether oxygens (including phenoxy) is 4. The van der Waals surface area contributed by atoms with E-state index in [9.17, 15) is 14.4 Å². The van der Waals surface area contributed by atoms with E-state index in [2.05, 4.69) is 6.92 Å². The van der Waals surface area contributed by atoms with E-state index in [1.165, 1.54) is 7.11 Å². The Hall–Kier alpha value is -1.93. The van der Waals surface area contributed by atoms with Crippen LogP contribution in [-0.2, 0) is 33.3 Å². The van der Waals surface area contributed by atoms with Gasteiger partial charge in [0, 0.05) is 24.1 Å². The highest BCUT2D eigenvalue weighted by atomic mass is 16.7. The minimum Gasteiger partial charge on any atom is -0.466 e. The maximum absolute atomic E-state index is 14.1. The fourth-order valence-corrected chi connectivity index (χ4v) is 5.74. The molecule has 1 saturated carbocycles. The molecule has 4 rings (SSSR count). The first-order chi connectivity index (χ1) is 14.7. The van der Waals surface area contributed by atoms with E-state index in [4.69, 9.17) is 18.9 Å². The molecule has 0 spiro atoms. The molecular weight excluding hydrogens is 402 g/mol. The zero-order chi connectivity index (χ0) is 22.4. The number of carbonyl (C=O) groups is 3. The summed E-state index contributed by atoms with van der Waals surface area (Å²) in [6.45, 7) is 7.58. The van der Waals surface area contributed by atoms with Gasteiger partial charge in [-0.3, -0.25) is 9.59 Å². The lowest BCUT2D eigenvalue weighted by Crippen LogP contribution is -2.61. The Labute approximate surface area is 183 Å². The monoisotopic (exact) mass is 435 g/mol. The zero-order valence-corrected chi connectivity index (χ0v) is 18.9. The van der Waals surface area contributed by atoms with Crippen molar-refractivity contribution < 1.29 is 33.3 Å². The van der Waals surface area contributed by atoms with Gasteiger partial charge in [-0.15, -0.1) is 0 Å². The van der Waals surface area contributed by atoms with Crippen molar-refractivity contribution in [3.63, 3.8) is 0 Å². The Kier molecular flexibility index (Phi) is 5.67. The predicted octanol–water partition coefficient (Wildman–Crippen LogP) is 2.56. The third kappa shape index (κ3) is 3.30. The van der Waals surface area contributed by atoms with Crippen LogP contribution < -0.4 is 0 Å². The van der Waals surface area contributed by atoms with Crippen LogP contribution >= 0.6 is 0 Å². The van der Waals surface area contributed by atoms with Crippen molar-refractivity contribution in [3.05, 3.63) is 11.8 Å². The third-order valence-corrected chi connectivity index (χ3v) is 8.41. The molecule has 3 aliphatic heterocycles. The molecule has 3 atom stereocenters. The highest BCUT2D eigenvalue weighted by Crippen LogP contribution is 2.66. The van der Waals surface area contributed by atoms with Crippen molar-refractivity contribution in [3.8, 4) is 0 Å². The second-order valence-corrected chi connectivity index (χ2v) is 9.97. The van der Waals surface area contributed by atoms with E-state index in [1.807, 2.05) is 13.8 Å². The highest BCUT2D eigenvalue weighted by Gasteiger charge is 2.72. The van der Waals surface area contributed by atoms with Crippen LogP contribution in [0.4, 0.5) is 0 Å². The Balaban J connectivity index is 1.66. The number of carbonyl (C=O) groups excluding carboxylic acids is 3. The molecule has 172 valence electrons. The minimum atomic E-state index is -1.26. The van der Waals surface area contributed by atoms with Gasteiger partial charge < -0.3 is 23.8 Å². The molecule has 2 saturated heterocycles. The molecule has 2 bridgehead atoms. The van der Waals surface area contributed by atoms with Gasteiger partial charge in [-0.05, 0) is 37.5 Å². The molecule has 0 unspecified atom stereocenters. The largest absolute Gasteiger partial charge is 0.466 e. The van der Waals surface area contributed by atoms with Crippen LogP contribution in [0.2, 0.25) is 0 Å². The molecule has 0 N–H and O–H groups in total. The Morgan fingerprint density at radius 3 is 2.55 bits per heavy atom. The number of methoxy groups -OCH3 is 1. The molecule has 31 heavy (non-hydrogen) atoms. The fourth-order valence-electron chi connectivity index (χ4n) is 5.74. The van der Waals surface area contributed by atoms with Crippen LogP contribution in [0.25, 0.3) is 0 Å². The Morgan fingerprint density at radius 2 is 1.87 bits per heavy atom. The molecule has 1 aliphatic carbocycles. The fraction of sp³-hybridized carbons (Fsp3) is 0.783. The highest BCUT2D eigenvalue weighted by molar-refractivity contribution is 6.05. The third-order valence-electron chi connectivity index (χ3n) is 8.41. The van der Waals surface area contributed by atoms with Gasteiger partial charge in [-0.1, -0.05) is 20.8 Å². The maximum Gasteiger partial charge on any atom is 0.335 e. The van der Waals surface area contributed by atoms with E-state index < -0.39 is 22.8 Å². The summed E-state index contributed by atoms with van der Waals surface area (Å²) in [5.74, 6) is -1.17. The summed E-state index contributed by atoms with van der Waals surface area (Å²) < 4.78 is 21.6. The second-order valence-electron chi connectivity index (χ2n) is 9.97. The number of fused-ring (bicyclic) bond motifs is 2. The number of esters is 2. The first kappa shape index (κ1) is 22.3. The maximum atomic E-state index is 14.1. The molecule has 1 amide bonds. The number of hydrogen-bond donors (Lipinski definition) is 0. The summed E-state index contributed by atoms with van der Waals surface area (Å²) in [5, 5.41) is 0. The van der Waals surface area contributed by atoms with E-state index in [-0.39, 0.29) is 23.7 Å². The smallest absolute Gasteiger partial charge is 0.335 e. The van der Waals surface area contributed by atoms with Crippen LogP contribution in [0.3, 0.4) is 0 Å². The summed E-state index contributed by atoms with van der Waals surface area (Å²) in [7, 11) is 1.33. The molecule has 0 radical (unpaired) electrons. The van der Waals surface area contributed by atoms with Crippen LogP contribution in [0.15, 0.2) is 11.8 Å². The molecule has 8 heteroatoms. The van der Waals surface area contributed by atoms with Crippen molar-refractivity contribution in [2.45, 2.75) is 71.6 Å². The normalized spacial score (nSPS) is 35.0. The SMILES string of the molecule is COC(=O)C1=CN(C(=O)[C@@]23CC[C@@](C)(COC2=O)C3(C)C)[C@@H](CCC2OCCO2)CC1. The van der Waals surface area contributed by atoms with Crippen molar-refractivity contribution >= 4 is 17.8 Å².